The zero-order valence-corrected chi connectivity index (χ0v) is 31.5. The van der Waals surface area contributed by atoms with Crippen molar-refractivity contribution in [2.24, 2.45) is 11.3 Å². The molecule has 13 nitrogen and oxygen atoms in total. The molecule has 1 atom stereocenters. The number of piperazine rings is 1. The van der Waals surface area contributed by atoms with E-state index < -0.39 is 0 Å². The summed E-state index contributed by atoms with van der Waals surface area (Å²) in [4.78, 5) is 56.3. The summed E-state index contributed by atoms with van der Waals surface area (Å²) in [5, 5.41) is 11.5. The number of aromatic amines is 2. The van der Waals surface area contributed by atoms with E-state index >= 15 is 0 Å². The first-order valence-electron chi connectivity index (χ1n) is 19.3. The maximum absolute atomic E-state index is 13.8. The number of amides is 4. The van der Waals surface area contributed by atoms with Gasteiger partial charge in [-0.3, -0.25) is 29.8 Å². The fourth-order valence-electron chi connectivity index (χ4n) is 8.66. The molecule has 4 amide bonds. The van der Waals surface area contributed by atoms with Crippen molar-refractivity contribution in [3.63, 3.8) is 0 Å². The van der Waals surface area contributed by atoms with Gasteiger partial charge in [0, 0.05) is 93.7 Å². The van der Waals surface area contributed by atoms with Gasteiger partial charge in [0.15, 0.2) is 0 Å². The van der Waals surface area contributed by atoms with Crippen molar-refractivity contribution < 1.29 is 14.4 Å². The van der Waals surface area contributed by atoms with Crippen molar-refractivity contribution in [1.29, 1.82) is 0 Å². The van der Waals surface area contributed by atoms with Crippen LogP contribution in [0.15, 0.2) is 42.6 Å². The van der Waals surface area contributed by atoms with Crippen LogP contribution in [0.25, 0.3) is 22.3 Å². The van der Waals surface area contributed by atoms with Gasteiger partial charge < -0.3 is 19.7 Å². The SMILES string of the molecule is C[C@@H](C(=O)N(C)c1ccc2cc(-c3n[nH]c4c3CCC(C)(C)C4)[nH]c2c1)N1CCN(CC2CCN(c3ccc(N4CCC(=O)NC4=O)cn3)CC2)CC1. The molecule has 13 heteroatoms. The molecule has 1 aliphatic carbocycles. The predicted octanol–water partition coefficient (Wildman–Crippen LogP) is 4.80. The maximum Gasteiger partial charge on any atom is 0.328 e. The third-order valence-corrected chi connectivity index (χ3v) is 12.1. The number of aromatic nitrogens is 4. The topological polar surface area (TPSA) is 137 Å². The number of piperidine rings is 1. The van der Waals surface area contributed by atoms with E-state index in [2.05, 4.69) is 67.1 Å². The monoisotopic (exact) mass is 720 g/mol. The number of nitrogens with zero attached hydrogens (tertiary/aromatic N) is 7. The largest absolute Gasteiger partial charge is 0.357 e. The molecule has 3 fully saturated rings. The summed E-state index contributed by atoms with van der Waals surface area (Å²) in [6, 6.07) is 11.7. The number of urea groups is 1. The third kappa shape index (κ3) is 7.28. The molecule has 0 saturated carbocycles. The van der Waals surface area contributed by atoms with Gasteiger partial charge in [-0.15, -0.1) is 0 Å². The Labute approximate surface area is 311 Å². The third-order valence-electron chi connectivity index (χ3n) is 12.1. The minimum absolute atomic E-state index is 0.108. The molecule has 0 radical (unpaired) electrons. The molecular formula is C40H52N10O3. The van der Waals surface area contributed by atoms with Crippen LogP contribution in [0.1, 0.15) is 57.7 Å². The molecule has 3 aliphatic heterocycles. The molecule has 0 unspecified atom stereocenters. The first kappa shape index (κ1) is 35.3. The molecule has 4 aromatic rings. The lowest BCUT2D eigenvalue weighted by atomic mass is 9.76. The lowest BCUT2D eigenvalue weighted by Gasteiger charge is -2.41. The Balaban J connectivity index is 0.806. The number of hydrogen-bond acceptors (Lipinski definition) is 8. The first-order chi connectivity index (χ1) is 25.5. The van der Waals surface area contributed by atoms with E-state index in [0.717, 1.165) is 112 Å². The average molecular weight is 721 g/mol. The van der Waals surface area contributed by atoms with E-state index in [1.54, 1.807) is 16.0 Å². The Hall–Kier alpha value is -4.75. The number of H-pyrrole nitrogens is 2. The van der Waals surface area contributed by atoms with Crippen molar-refractivity contribution >= 4 is 45.9 Å². The van der Waals surface area contributed by atoms with E-state index in [1.165, 1.54) is 11.3 Å². The maximum atomic E-state index is 13.8. The second kappa shape index (κ2) is 14.2. The summed E-state index contributed by atoms with van der Waals surface area (Å²) in [7, 11) is 1.89. The summed E-state index contributed by atoms with van der Waals surface area (Å²) in [5.74, 6) is 1.42. The molecule has 0 bridgehead atoms. The quantitative estimate of drug-likeness (QED) is 0.236. The normalized spacial score (nSPS) is 20.8. The van der Waals surface area contributed by atoms with Crippen LogP contribution in [0.4, 0.5) is 22.0 Å². The Morgan fingerprint density at radius 1 is 1.00 bits per heavy atom. The van der Waals surface area contributed by atoms with Crippen LogP contribution >= 0.6 is 0 Å². The molecule has 6 heterocycles. The fraction of sp³-hybridized carbons (Fsp3) is 0.525. The van der Waals surface area contributed by atoms with Gasteiger partial charge in [-0.25, -0.2) is 9.78 Å². The summed E-state index contributed by atoms with van der Waals surface area (Å²) in [6.45, 7) is 13.7. The van der Waals surface area contributed by atoms with Crippen LogP contribution < -0.4 is 20.0 Å². The van der Waals surface area contributed by atoms with Gasteiger partial charge in [0.1, 0.15) is 11.5 Å². The van der Waals surface area contributed by atoms with E-state index in [-0.39, 0.29) is 23.9 Å². The zero-order valence-electron chi connectivity index (χ0n) is 31.5. The lowest BCUT2D eigenvalue weighted by Crippen LogP contribution is -2.55. The summed E-state index contributed by atoms with van der Waals surface area (Å²) in [6.07, 6.45) is 7.44. The highest BCUT2D eigenvalue weighted by Crippen LogP contribution is 2.38. The number of nitrogens with one attached hydrogen (secondary N) is 3. The van der Waals surface area contributed by atoms with Crippen LogP contribution in [-0.4, -0.2) is 113 Å². The summed E-state index contributed by atoms with van der Waals surface area (Å²) < 4.78 is 0. The number of carbonyl (C=O) groups is 3. The highest BCUT2D eigenvalue weighted by Gasteiger charge is 2.32. The van der Waals surface area contributed by atoms with Gasteiger partial charge in [-0.05, 0) is 80.7 Å². The number of likely N-dealkylation sites (N-methyl/N-ethyl adjacent to an activating group) is 1. The number of carbonyl (C=O) groups excluding carboxylic acids is 3. The van der Waals surface area contributed by atoms with Crippen molar-refractivity contribution in [2.45, 2.75) is 65.3 Å². The van der Waals surface area contributed by atoms with E-state index in [1.807, 2.05) is 32.2 Å². The Morgan fingerprint density at radius 2 is 1.79 bits per heavy atom. The highest BCUT2D eigenvalue weighted by atomic mass is 16.2. The number of imide groups is 1. The number of anilines is 3. The van der Waals surface area contributed by atoms with Crippen LogP contribution in [-0.2, 0) is 22.4 Å². The van der Waals surface area contributed by atoms with E-state index in [0.29, 0.717) is 30.0 Å². The molecule has 1 aromatic carbocycles. The number of hydrogen-bond donors (Lipinski definition) is 3. The smallest absolute Gasteiger partial charge is 0.328 e. The van der Waals surface area contributed by atoms with Crippen molar-refractivity contribution in [2.75, 3.05) is 74.1 Å². The molecule has 3 saturated heterocycles. The van der Waals surface area contributed by atoms with Crippen LogP contribution in [0.2, 0.25) is 0 Å². The van der Waals surface area contributed by atoms with E-state index in [9.17, 15) is 14.4 Å². The minimum atomic E-state index is -0.390. The Kier molecular flexibility index (Phi) is 9.48. The van der Waals surface area contributed by atoms with E-state index in [4.69, 9.17) is 5.10 Å². The molecule has 4 aliphatic rings. The van der Waals surface area contributed by atoms with Gasteiger partial charge in [-0.2, -0.15) is 5.10 Å². The van der Waals surface area contributed by atoms with Gasteiger partial charge in [0.25, 0.3) is 0 Å². The number of benzene rings is 1. The molecule has 53 heavy (non-hydrogen) atoms. The van der Waals surface area contributed by atoms with Crippen LogP contribution in [0.3, 0.4) is 0 Å². The molecule has 0 spiro atoms. The summed E-state index contributed by atoms with van der Waals surface area (Å²) in [5.41, 5.74) is 7.51. The standard InChI is InChI=1S/C40H52N10O3/c1-26(38(52)46(4)29-6-5-28-21-33(42-32(28)22-29)37-31-9-13-40(2,3)23-34(31)44-45-37)48-19-17-47(18-20-48)25-27-10-14-49(15-11-27)35-8-7-30(24-41-35)50-16-12-36(51)43-39(50)53/h5-8,21-22,24,26-27,42H,9-20,23,25H2,1-4H3,(H,44,45)(H,43,51,53)/t26-/m0/s1. The molecule has 3 aromatic heterocycles. The molecule has 280 valence electrons. The number of pyridine rings is 1. The second-order valence-corrected chi connectivity index (χ2v) is 16.3. The first-order valence-corrected chi connectivity index (χ1v) is 19.3. The predicted molar refractivity (Wildman–Crippen MR) is 207 cm³/mol. The van der Waals surface area contributed by atoms with Gasteiger partial charge >= 0.3 is 6.03 Å². The van der Waals surface area contributed by atoms with Crippen LogP contribution in [0.5, 0.6) is 0 Å². The summed E-state index contributed by atoms with van der Waals surface area (Å²) >= 11 is 0. The highest BCUT2D eigenvalue weighted by molar-refractivity contribution is 6.05. The van der Waals surface area contributed by atoms with Gasteiger partial charge in [-0.1, -0.05) is 19.9 Å². The van der Waals surface area contributed by atoms with Crippen LogP contribution in [0, 0.1) is 11.3 Å². The Morgan fingerprint density at radius 3 is 2.53 bits per heavy atom. The minimum Gasteiger partial charge on any atom is -0.357 e. The van der Waals surface area contributed by atoms with Crippen molar-refractivity contribution in [1.82, 2.24) is 35.3 Å². The fourth-order valence-corrected chi connectivity index (χ4v) is 8.66. The average Bonchev–Trinajstić information content (AvgIpc) is 3.77. The molecule has 3 N–H and O–H groups in total. The van der Waals surface area contributed by atoms with Gasteiger partial charge in [0.2, 0.25) is 11.8 Å². The van der Waals surface area contributed by atoms with Crippen molar-refractivity contribution in [3.8, 4) is 11.4 Å². The number of rotatable bonds is 8. The second-order valence-electron chi connectivity index (χ2n) is 16.3. The number of fused-ring (bicyclic) bond motifs is 2. The molecular weight excluding hydrogens is 669 g/mol. The van der Waals surface area contributed by atoms with Crippen molar-refractivity contribution in [3.05, 3.63) is 53.9 Å². The Bertz CT molecular complexity index is 1980. The zero-order chi connectivity index (χ0) is 36.9. The molecule has 8 rings (SSSR count). The van der Waals surface area contributed by atoms with Gasteiger partial charge in [0.05, 0.1) is 23.6 Å². The lowest BCUT2D eigenvalue weighted by molar-refractivity contribution is -0.123.